The molecule has 2 unspecified atom stereocenters. The first-order chi connectivity index (χ1) is 13.4. The van der Waals surface area contributed by atoms with Crippen molar-refractivity contribution in [3.05, 3.63) is 18.3 Å². The van der Waals surface area contributed by atoms with Crippen LogP contribution in [0.25, 0.3) is 11.3 Å². The van der Waals surface area contributed by atoms with Crippen molar-refractivity contribution in [3.63, 3.8) is 0 Å². The third kappa shape index (κ3) is 3.60. The van der Waals surface area contributed by atoms with Gasteiger partial charge in [0.05, 0.1) is 18.8 Å². The maximum Gasteiger partial charge on any atom is 0.387 e. The van der Waals surface area contributed by atoms with Crippen LogP contribution in [-0.2, 0) is 0 Å². The second-order valence-corrected chi connectivity index (χ2v) is 6.67. The van der Waals surface area contributed by atoms with Crippen LogP contribution < -0.4 is 20.3 Å². The summed E-state index contributed by atoms with van der Waals surface area (Å²) in [6, 6.07) is 2.98. The molecular weight excluding hydrogens is 380 g/mol. The van der Waals surface area contributed by atoms with Crippen molar-refractivity contribution in [2.24, 2.45) is 0 Å². The number of pyridine rings is 1. The molecule has 4 rings (SSSR count). The van der Waals surface area contributed by atoms with E-state index in [1.54, 1.807) is 6.07 Å². The van der Waals surface area contributed by atoms with Crippen molar-refractivity contribution < 1.29 is 22.3 Å². The average molecular weight is 398 g/mol. The minimum Gasteiger partial charge on any atom is -0.431 e. The molecule has 2 aromatic heterocycles. The van der Waals surface area contributed by atoms with Crippen LogP contribution in [0.1, 0.15) is 6.42 Å². The fraction of sp³-hybridized carbons (Fsp3) is 0.471. The van der Waals surface area contributed by atoms with Gasteiger partial charge >= 0.3 is 6.61 Å². The van der Waals surface area contributed by atoms with E-state index in [1.165, 1.54) is 17.2 Å². The number of nitrogens with two attached hydrogens (primary N) is 1. The highest BCUT2D eigenvalue weighted by Gasteiger charge is 2.35. The Balaban J connectivity index is 1.73. The normalized spacial score (nSPS) is 21.9. The van der Waals surface area contributed by atoms with Crippen LogP contribution >= 0.6 is 0 Å². The zero-order valence-electron chi connectivity index (χ0n) is 14.7. The van der Waals surface area contributed by atoms with E-state index in [1.807, 2.05) is 4.90 Å². The Hall–Kier alpha value is -2.85. The van der Waals surface area contributed by atoms with Gasteiger partial charge in [0.2, 0.25) is 5.95 Å². The van der Waals surface area contributed by atoms with Crippen LogP contribution in [0.3, 0.4) is 0 Å². The Morgan fingerprint density at radius 2 is 1.79 bits per heavy atom. The summed E-state index contributed by atoms with van der Waals surface area (Å²) in [4.78, 5) is 16.1. The summed E-state index contributed by atoms with van der Waals surface area (Å²) in [5.41, 5.74) is 6.33. The third-order valence-corrected chi connectivity index (χ3v) is 4.74. The minimum atomic E-state index is -3.05. The molecule has 2 atom stereocenters. The Morgan fingerprint density at radius 1 is 1.07 bits per heavy atom. The molecule has 150 valence electrons. The number of aromatic nitrogens is 3. The summed E-state index contributed by atoms with van der Waals surface area (Å²) in [6.07, 6.45) is -0.833. The van der Waals surface area contributed by atoms with E-state index in [-0.39, 0.29) is 30.6 Å². The van der Waals surface area contributed by atoms with E-state index in [9.17, 15) is 17.6 Å². The van der Waals surface area contributed by atoms with Gasteiger partial charge in [-0.1, -0.05) is 0 Å². The number of halogens is 4. The molecule has 2 fully saturated rings. The summed E-state index contributed by atoms with van der Waals surface area (Å²) in [5.74, 6) is 0.320. The lowest BCUT2D eigenvalue weighted by molar-refractivity contribution is -0.0494. The van der Waals surface area contributed by atoms with Crippen molar-refractivity contribution in [1.29, 1.82) is 0 Å². The van der Waals surface area contributed by atoms with Gasteiger partial charge < -0.3 is 20.3 Å². The molecule has 2 aliphatic rings. The zero-order valence-corrected chi connectivity index (χ0v) is 14.7. The van der Waals surface area contributed by atoms with E-state index in [0.717, 1.165) is 19.5 Å². The largest absolute Gasteiger partial charge is 0.431 e. The minimum absolute atomic E-state index is 0.149. The lowest BCUT2D eigenvalue weighted by Gasteiger charge is -2.32. The number of nitrogen functional groups attached to an aromatic ring is 1. The lowest BCUT2D eigenvalue weighted by Crippen LogP contribution is -2.38. The standard InChI is InChI=1S/C17H18F4N6O/c18-10-7-27(8-11(10)19)17-24-12(5-14(25-17)26-2-1-3-26)9-4-13(28-16(20)21)15(22)23-6-9/h4-6,10-11,16H,1-3,7-8H2,(H2,22,23). The van der Waals surface area contributed by atoms with E-state index < -0.39 is 19.0 Å². The Morgan fingerprint density at radius 3 is 2.39 bits per heavy atom. The fourth-order valence-corrected chi connectivity index (χ4v) is 3.09. The number of rotatable bonds is 5. The second kappa shape index (κ2) is 7.28. The highest BCUT2D eigenvalue weighted by molar-refractivity contribution is 5.68. The van der Waals surface area contributed by atoms with E-state index >= 15 is 0 Å². The fourth-order valence-electron chi connectivity index (χ4n) is 3.09. The lowest BCUT2D eigenvalue weighted by atomic mass is 10.1. The van der Waals surface area contributed by atoms with E-state index in [0.29, 0.717) is 17.1 Å². The molecule has 0 saturated carbocycles. The Labute approximate surface area is 158 Å². The molecule has 2 aliphatic heterocycles. The molecule has 2 N–H and O–H groups in total. The topological polar surface area (TPSA) is 80.4 Å². The smallest absolute Gasteiger partial charge is 0.387 e. The maximum atomic E-state index is 13.6. The molecular formula is C17H18F4N6O. The number of ether oxygens (including phenoxy) is 1. The summed E-state index contributed by atoms with van der Waals surface area (Å²) >= 11 is 0. The van der Waals surface area contributed by atoms with Gasteiger partial charge in [0.1, 0.15) is 5.82 Å². The summed E-state index contributed by atoms with van der Waals surface area (Å²) in [6.45, 7) is -1.75. The molecule has 0 aliphatic carbocycles. The Kier molecular flexibility index (Phi) is 4.82. The Bertz CT molecular complexity index is 856. The number of hydrogen-bond donors (Lipinski definition) is 1. The van der Waals surface area contributed by atoms with Crippen molar-refractivity contribution in [2.75, 3.05) is 41.7 Å². The molecule has 2 aromatic rings. The molecule has 0 bridgehead atoms. The van der Waals surface area contributed by atoms with Crippen LogP contribution in [0, 0.1) is 0 Å². The van der Waals surface area contributed by atoms with Crippen LogP contribution in [0.4, 0.5) is 35.1 Å². The number of nitrogens with zero attached hydrogens (tertiary/aromatic N) is 5. The highest BCUT2D eigenvalue weighted by Crippen LogP contribution is 2.32. The van der Waals surface area contributed by atoms with Crippen molar-refractivity contribution >= 4 is 17.6 Å². The summed E-state index contributed by atoms with van der Waals surface area (Å²) in [5, 5.41) is 0. The summed E-state index contributed by atoms with van der Waals surface area (Å²) < 4.78 is 56.8. The third-order valence-electron chi connectivity index (χ3n) is 4.74. The molecule has 4 heterocycles. The molecule has 0 aromatic carbocycles. The quantitative estimate of drug-likeness (QED) is 0.775. The van der Waals surface area contributed by atoms with Gasteiger partial charge in [0, 0.05) is 30.9 Å². The maximum absolute atomic E-state index is 13.6. The highest BCUT2D eigenvalue weighted by atomic mass is 19.3. The number of alkyl halides is 4. The van der Waals surface area contributed by atoms with Gasteiger partial charge in [0.25, 0.3) is 0 Å². The monoisotopic (exact) mass is 398 g/mol. The van der Waals surface area contributed by atoms with Crippen molar-refractivity contribution in [2.45, 2.75) is 25.4 Å². The second-order valence-electron chi connectivity index (χ2n) is 6.67. The summed E-state index contributed by atoms with van der Waals surface area (Å²) in [7, 11) is 0. The first-order valence-corrected chi connectivity index (χ1v) is 8.78. The molecule has 2 saturated heterocycles. The first kappa shape index (κ1) is 18.5. The van der Waals surface area contributed by atoms with Gasteiger partial charge in [0.15, 0.2) is 23.9 Å². The number of anilines is 3. The molecule has 7 nitrogen and oxygen atoms in total. The van der Waals surface area contributed by atoms with E-state index in [4.69, 9.17) is 5.73 Å². The average Bonchev–Trinajstić information content (AvgIpc) is 2.94. The van der Waals surface area contributed by atoms with Gasteiger partial charge in [-0.05, 0) is 12.5 Å². The van der Waals surface area contributed by atoms with Crippen LogP contribution in [0.2, 0.25) is 0 Å². The number of hydrogen-bond acceptors (Lipinski definition) is 7. The zero-order chi connectivity index (χ0) is 19.8. The molecule has 0 amide bonds. The van der Waals surface area contributed by atoms with Crippen LogP contribution in [-0.4, -0.2) is 60.1 Å². The first-order valence-electron chi connectivity index (χ1n) is 8.78. The molecule has 11 heteroatoms. The van der Waals surface area contributed by atoms with E-state index in [2.05, 4.69) is 19.7 Å². The predicted octanol–water partition coefficient (Wildman–Crippen LogP) is 2.43. The molecule has 0 radical (unpaired) electrons. The van der Waals surface area contributed by atoms with Crippen LogP contribution in [0.5, 0.6) is 5.75 Å². The molecule has 28 heavy (non-hydrogen) atoms. The molecule has 0 spiro atoms. The van der Waals surface area contributed by atoms with Crippen molar-refractivity contribution in [1.82, 2.24) is 15.0 Å². The van der Waals surface area contributed by atoms with Crippen LogP contribution in [0.15, 0.2) is 18.3 Å². The van der Waals surface area contributed by atoms with Gasteiger partial charge in [-0.3, -0.25) is 0 Å². The van der Waals surface area contributed by atoms with Gasteiger partial charge in [-0.25, -0.2) is 18.7 Å². The van der Waals surface area contributed by atoms with Gasteiger partial charge in [-0.2, -0.15) is 13.8 Å². The predicted molar refractivity (Wildman–Crippen MR) is 95.1 cm³/mol. The van der Waals surface area contributed by atoms with Gasteiger partial charge in [-0.15, -0.1) is 0 Å². The SMILES string of the molecule is Nc1ncc(-c2cc(N3CCC3)nc(N3CC(F)C(F)C3)n2)cc1OC(F)F. The van der Waals surface area contributed by atoms with Crippen molar-refractivity contribution in [3.8, 4) is 17.0 Å².